The maximum Gasteiger partial charge on any atom is 0.184 e. The summed E-state index contributed by atoms with van der Waals surface area (Å²) >= 11 is 0. The molecule has 3 N–H and O–H groups in total. The molecule has 0 atom stereocenters. The van der Waals surface area contributed by atoms with Gasteiger partial charge in [0.05, 0.1) is 0 Å². The van der Waals surface area contributed by atoms with Crippen molar-refractivity contribution >= 4 is 22.8 Å². The third-order valence-corrected chi connectivity index (χ3v) is 2.20. The number of anilines is 1. The summed E-state index contributed by atoms with van der Waals surface area (Å²) in [6, 6.07) is 7.04. The van der Waals surface area contributed by atoms with Crippen molar-refractivity contribution in [3.63, 3.8) is 0 Å². The van der Waals surface area contributed by atoms with Crippen LogP contribution < -0.4 is 5.73 Å². The Morgan fingerprint density at radius 1 is 1.44 bits per heavy atom. The Labute approximate surface area is 94.8 Å². The first kappa shape index (κ1) is 11.9. The van der Waals surface area contributed by atoms with Gasteiger partial charge < -0.3 is 5.73 Å². The van der Waals surface area contributed by atoms with Crippen LogP contribution in [0.3, 0.4) is 0 Å². The lowest BCUT2D eigenvalue weighted by atomic mass is 9.97. The molecule has 1 aromatic carbocycles. The van der Waals surface area contributed by atoms with Gasteiger partial charge in [-0.3, -0.25) is 10.2 Å². The number of nitrogens with two attached hydrogens (primary N) is 1. The largest absolute Gasteiger partial charge is 0.398 e. The minimum Gasteiger partial charge on any atom is -0.398 e. The minimum absolute atomic E-state index is 0.113. The predicted octanol–water partition coefficient (Wildman–Crippen LogP) is 2.45. The second kappa shape index (κ2) is 5.07. The highest BCUT2D eigenvalue weighted by atomic mass is 16.1. The first-order chi connectivity index (χ1) is 7.57. The van der Waals surface area contributed by atoms with Crippen LogP contribution in [0.2, 0.25) is 0 Å². The normalized spacial score (nSPS) is 9.50. The van der Waals surface area contributed by atoms with E-state index in [1.54, 1.807) is 24.3 Å². The number of nitrogen functional groups attached to an aromatic ring is 1. The fourth-order valence-electron chi connectivity index (χ4n) is 1.31. The van der Waals surface area contributed by atoms with E-state index in [1.165, 1.54) is 6.08 Å². The Kier molecular flexibility index (Phi) is 3.78. The van der Waals surface area contributed by atoms with Crippen molar-refractivity contribution in [1.82, 2.24) is 0 Å². The van der Waals surface area contributed by atoms with Crippen LogP contribution in [0.4, 0.5) is 5.69 Å². The van der Waals surface area contributed by atoms with Crippen molar-refractivity contribution < 1.29 is 4.79 Å². The Morgan fingerprint density at radius 3 is 2.62 bits per heavy atom. The van der Waals surface area contributed by atoms with Crippen molar-refractivity contribution in [3.8, 4) is 0 Å². The molecule has 3 nitrogen and oxygen atoms in total. The summed E-state index contributed by atoms with van der Waals surface area (Å²) in [4.78, 5) is 11.5. The van der Waals surface area contributed by atoms with Gasteiger partial charge in [-0.1, -0.05) is 30.9 Å². The van der Waals surface area contributed by atoms with Gasteiger partial charge in [0.1, 0.15) is 5.71 Å². The molecule has 82 valence electrons. The number of carbonyl (C=O) groups excluding carboxylic acids is 1. The summed E-state index contributed by atoms with van der Waals surface area (Å²) in [7, 11) is 0. The molecule has 0 bridgehead atoms. The lowest BCUT2D eigenvalue weighted by molar-refractivity contribution is -0.112. The van der Waals surface area contributed by atoms with E-state index in [9.17, 15) is 4.79 Å². The van der Waals surface area contributed by atoms with Gasteiger partial charge in [0.2, 0.25) is 0 Å². The zero-order valence-electron chi connectivity index (χ0n) is 8.99. The molecule has 0 unspecified atom stereocenters. The van der Waals surface area contributed by atoms with Gasteiger partial charge in [-0.25, -0.2) is 0 Å². The number of carbonyl (C=O) groups is 1. The van der Waals surface area contributed by atoms with Crippen LogP contribution in [0.15, 0.2) is 43.5 Å². The van der Waals surface area contributed by atoms with Crippen molar-refractivity contribution in [2.24, 2.45) is 0 Å². The minimum atomic E-state index is -0.303. The topological polar surface area (TPSA) is 66.9 Å². The highest BCUT2D eigenvalue weighted by molar-refractivity contribution is 6.55. The summed E-state index contributed by atoms with van der Waals surface area (Å²) in [6.45, 7) is 7.19. The number of benzene rings is 1. The average molecular weight is 214 g/mol. The van der Waals surface area contributed by atoms with Crippen LogP contribution >= 0.6 is 0 Å². The van der Waals surface area contributed by atoms with Crippen molar-refractivity contribution in [2.75, 3.05) is 5.73 Å². The van der Waals surface area contributed by atoms with Gasteiger partial charge in [0.25, 0.3) is 0 Å². The second-order valence-corrected chi connectivity index (χ2v) is 3.36. The first-order valence-corrected chi connectivity index (χ1v) is 4.84. The Balaban J connectivity index is 2.95. The zero-order valence-corrected chi connectivity index (χ0v) is 8.99. The molecule has 0 aromatic heterocycles. The molecule has 16 heavy (non-hydrogen) atoms. The van der Waals surface area contributed by atoms with Crippen LogP contribution in [0.25, 0.3) is 5.57 Å². The van der Waals surface area contributed by atoms with Crippen LogP contribution in [0, 0.1) is 5.41 Å². The monoisotopic (exact) mass is 214 g/mol. The Bertz CT molecular complexity index is 461. The lowest BCUT2D eigenvalue weighted by Gasteiger charge is -2.08. The smallest absolute Gasteiger partial charge is 0.184 e. The number of ketones is 1. The molecule has 0 saturated carbocycles. The standard InChI is InChI=1S/C13H14N2O/c1-3-6-12(16)13(15)9(2)10-7-4-5-8-11(10)14/h3-5,7-8,15H,1-2,6,14H2. The SMILES string of the molecule is C=CCC(=O)C(=N)C(=C)c1ccccc1N. The maximum absolute atomic E-state index is 11.5. The molecule has 0 spiro atoms. The van der Waals surface area contributed by atoms with E-state index in [0.717, 1.165) is 0 Å². The number of hydrogen-bond acceptors (Lipinski definition) is 3. The fraction of sp³-hybridized carbons (Fsp3) is 0.0769. The molecule has 0 amide bonds. The third-order valence-electron chi connectivity index (χ3n) is 2.20. The number of nitrogens with one attached hydrogen (secondary N) is 1. The summed E-state index contributed by atoms with van der Waals surface area (Å²) in [6.07, 6.45) is 1.61. The van der Waals surface area contributed by atoms with Gasteiger partial charge in [0, 0.05) is 23.2 Å². The predicted molar refractivity (Wildman–Crippen MR) is 67.4 cm³/mol. The molecule has 3 heteroatoms. The summed E-state index contributed by atoms with van der Waals surface area (Å²) in [5.74, 6) is -0.303. The molecule has 1 rings (SSSR count). The quantitative estimate of drug-likeness (QED) is 0.449. The second-order valence-electron chi connectivity index (χ2n) is 3.36. The van der Waals surface area contributed by atoms with Crippen molar-refractivity contribution in [3.05, 3.63) is 49.1 Å². The van der Waals surface area contributed by atoms with E-state index in [4.69, 9.17) is 11.1 Å². The number of rotatable bonds is 5. The van der Waals surface area contributed by atoms with Crippen LogP contribution in [0.5, 0.6) is 0 Å². The fourth-order valence-corrected chi connectivity index (χ4v) is 1.31. The maximum atomic E-state index is 11.5. The first-order valence-electron chi connectivity index (χ1n) is 4.84. The zero-order chi connectivity index (χ0) is 12.1. The Morgan fingerprint density at radius 2 is 2.06 bits per heavy atom. The molecule has 0 aliphatic heterocycles. The molecule has 1 aromatic rings. The van der Waals surface area contributed by atoms with Crippen LogP contribution in [0.1, 0.15) is 12.0 Å². The van der Waals surface area contributed by atoms with Crippen LogP contribution in [-0.2, 0) is 4.79 Å². The number of allylic oxidation sites excluding steroid dienone is 2. The van der Waals surface area contributed by atoms with Crippen LogP contribution in [-0.4, -0.2) is 11.5 Å². The average Bonchev–Trinajstić information content (AvgIpc) is 2.28. The summed E-state index contributed by atoms with van der Waals surface area (Å²) in [5, 5.41) is 7.69. The van der Waals surface area contributed by atoms with Crippen molar-refractivity contribution in [1.29, 1.82) is 5.41 Å². The number of para-hydroxylation sites is 1. The van der Waals surface area contributed by atoms with E-state index in [-0.39, 0.29) is 17.9 Å². The molecule has 0 aliphatic carbocycles. The van der Waals surface area contributed by atoms with E-state index < -0.39 is 0 Å². The Hall–Kier alpha value is -2.16. The van der Waals surface area contributed by atoms with Gasteiger partial charge in [0.15, 0.2) is 5.78 Å². The highest BCUT2D eigenvalue weighted by Crippen LogP contribution is 2.21. The molecule has 0 saturated heterocycles. The van der Waals surface area contributed by atoms with Gasteiger partial charge in [-0.05, 0) is 6.07 Å². The third kappa shape index (κ3) is 2.45. The van der Waals surface area contributed by atoms with E-state index >= 15 is 0 Å². The number of hydrogen-bond donors (Lipinski definition) is 2. The molecular formula is C13H14N2O. The van der Waals surface area contributed by atoms with Gasteiger partial charge in [-0.2, -0.15) is 0 Å². The summed E-state index contributed by atoms with van der Waals surface area (Å²) in [5.41, 5.74) is 7.13. The summed E-state index contributed by atoms with van der Waals surface area (Å²) < 4.78 is 0. The van der Waals surface area contributed by atoms with E-state index in [1.807, 2.05) is 0 Å². The number of Topliss-reactive ketones (excluding diaryl/α,β-unsaturated/α-hetero) is 1. The molecule has 0 aliphatic rings. The molecule has 0 fully saturated rings. The lowest BCUT2D eigenvalue weighted by Crippen LogP contribution is -2.13. The molecule has 0 heterocycles. The highest BCUT2D eigenvalue weighted by Gasteiger charge is 2.14. The molecular weight excluding hydrogens is 200 g/mol. The van der Waals surface area contributed by atoms with Crippen molar-refractivity contribution in [2.45, 2.75) is 6.42 Å². The van der Waals surface area contributed by atoms with Gasteiger partial charge >= 0.3 is 0 Å². The van der Waals surface area contributed by atoms with Gasteiger partial charge in [-0.15, -0.1) is 6.58 Å². The van der Waals surface area contributed by atoms with E-state index in [0.29, 0.717) is 16.8 Å². The molecule has 0 radical (unpaired) electrons. The van der Waals surface area contributed by atoms with E-state index in [2.05, 4.69) is 13.2 Å².